The summed E-state index contributed by atoms with van der Waals surface area (Å²) in [7, 11) is 1.81. The summed E-state index contributed by atoms with van der Waals surface area (Å²) in [5, 5.41) is 2.30. The van der Waals surface area contributed by atoms with E-state index in [2.05, 4.69) is 50.2 Å². The minimum Gasteiger partial charge on any atom is -0.305 e. The third kappa shape index (κ3) is 5.45. The zero-order valence-corrected chi connectivity index (χ0v) is 19.6. The Bertz CT molecular complexity index is 1010. The van der Waals surface area contributed by atoms with Crippen molar-refractivity contribution >= 4 is 32.4 Å². The molecule has 3 aromatic carbocycles. The largest absolute Gasteiger partial charge is 0.305 e. The van der Waals surface area contributed by atoms with Gasteiger partial charge in [0.15, 0.2) is 0 Å². The van der Waals surface area contributed by atoms with Gasteiger partial charge in [-0.1, -0.05) is 61.7 Å². The quantitative estimate of drug-likeness (QED) is 0.192. The summed E-state index contributed by atoms with van der Waals surface area (Å²) in [6.07, 6.45) is 1.79. The molecule has 2 nitrogen and oxygen atoms in total. The van der Waals surface area contributed by atoms with Crippen LogP contribution in [0.4, 0.5) is 0 Å². The second-order valence-corrected chi connectivity index (χ2v) is 6.71. The van der Waals surface area contributed by atoms with Gasteiger partial charge in [-0.25, -0.2) is 0 Å². The van der Waals surface area contributed by atoms with Crippen molar-refractivity contribution in [3.63, 3.8) is 0 Å². The zero-order chi connectivity index (χ0) is 19.1. The van der Waals surface area contributed by atoms with Crippen molar-refractivity contribution in [3.05, 3.63) is 101 Å². The molecule has 1 heterocycles. The average molecular weight is 608 g/mol. The fourth-order valence-electron chi connectivity index (χ4n) is 2.69. The van der Waals surface area contributed by atoms with Gasteiger partial charge >= 0.3 is 0 Å². The van der Waals surface area contributed by atoms with E-state index in [1.165, 1.54) is 5.39 Å². The smallest absolute Gasteiger partial charge is 0.0270 e. The summed E-state index contributed by atoms with van der Waals surface area (Å²) in [4.78, 5) is 8.44. The van der Waals surface area contributed by atoms with Gasteiger partial charge in [-0.2, -0.15) is 0 Å². The molecule has 0 saturated heterocycles. The predicted molar refractivity (Wildman–Crippen MR) is 117 cm³/mol. The molecule has 4 rings (SSSR count). The summed E-state index contributed by atoms with van der Waals surface area (Å²) in [5.41, 5.74) is 4.20. The first-order valence-electron chi connectivity index (χ1n) is 8.61. The van der Waals surface area contributed by atoms with Gasteiger partial charge in [-0.3, -0.25) is 0 Å². The second kappa shape index (κ2) is 11.0. The van der Waals surface area contributed by atoms with Crippen LogP contribution >= 0.6 is 15.9 Å². The van der Waals surface area contributed by atoms with Gasteiger partial charge in [0.1, 0.15) is 0 Å². The molecule has 4 aromatic rings. The van der Waals surface area contributed by atoms with E-state index in [1.807, 2.05) is 74.6 Å². The van der Waals surface area contributed by atoms with Crippen molar-refractivity contribution in [2.75, 3.05) is 7.05 Å². The van der Waals surface area contributed by atoms with Crippen LogP contribution in [-0.2, 0) is 20.1 Å². The van der Waals surface area contributed by atoms with Crippen LogP contribution in [0.15, 0.2) is 88.5 Å². The minimum atomic E-state index is 0. The van der Waals surface area contributed by atoms with Gasteiger partial charge < -0.3 is 9.98 Å². The SMILES string of the molecule is CN=C(C)c1cccc2c(Br)cc[c-]c12.[Ir].[c-]1ccccc1-c1ccccn1. The first-order valence-corrected chi connectivity index (χ1v) is 9.41. The number of benzene rings is 3. The summed E-state index contributed by atoms with van der Waals surface area (Å²) in [5.74, 6) is 0. The maximum atomic E-state index is 4.22. The number of pyridine rings is 1. The van der Waals surface area contributed by atoms with E-state index < -0.39 is 0 Å². The predicted octanol–water partition coefficient (Wildman–Crippen LogP) is 6.39. The van der Waals surface area contributed by atoms with E-state index in [0.717, 1.165) is 32.4 Å². The van der Waals surface area contributed by atoms with Crippen molar-refractivity contribution in [1.29, 1.82) is 0 Å². The van der Waals surface area contributed by atoms with Gasteiger partial charge in [-0.05, 0) is 24.4 Å². The van der Waals surface area contributed by atoms with Crippen molar-refractivity contribution in [3.8, 4) is 11.3 Å². The first kappa shape index (κ1) is 22.2. The fraction of sp³-hybridized carbons (Fsp3) is 0.0833. The van der Waals surface area contributed by atoms with E-state index in [-0.39, 0.29) is 20.1 Å². The molecule has 0 atom stereocenters. The molecule has 28 heavy (non-hydrogen) atoms. The Balaban J connectivity index is 0.000000198. The maximum Gasteiger partial charge on any atom is 0.0270 e. The third-order valence-corrected chi connectivity index (χ3v) is 4.85. The van der Waals surface area contributed by atoms with Gasteiger partial charge in [0, 0.05) is 33.3 Å². The van der Waals surface area contributed by atoms with Crippen LogP contribution in [0.2, 0.25) is 0 Å². The Morgan fingerprint density at radius 3 is 2.43 bits per heavy atom. The molecule has 0 N–H and O–H groups in total. The molecule has 1 radical (unpaired) electrons. The van der Waals surface area contributed by atoms with Crippen LogP contribution < -0.4 is 0 Å². The standard InChI is InChI=1S/C13H11BrN.C11H8N.Ir/c1-9(15-2)10-5-3-7-12-11(10)6-4-8-13(12)14;1-2-6-10(7-3-1)11-8-4-5-9-12-11;/h3-5,7-8H,1-2H3;1-6,8-9H;/q2*-1;. The van der Waals surface area contributed by atoms with Gasteiger partial charge in [0.05, 0.1) is 0 Å². The topological polar surface area (TPSA) is 25.2 Å². The molecule has 0 aliphatic heterocycles. The number of aromatic nitrogens is 1. The fourth-order valence-corrected chi connectivity index (χ4v) is 3.15. The number of halogens is 1. The number of fused-ring (bicyclic) bond motifs is 1. The summed E-state index contributed by atoms with van der Waals surface area (Å²) >= 11 is 3.54. The van der Waals surface area contributed by atoms with Crippen LogP contribution in [0.5, 0.6) is 0 Å². The van der Waals surface area contributed by atoms with Crippen molar-refractivity contribution in [2.45, 2.75) is 6.92 Å². The van der Waals surface area contributed by atoms with E-state index in [1.54, 1.807) is 6.20 Å². The number of hydrogen-bond acceptors (Lipinski definition) is 2. The Kier molecular flexibility index (Phi) is 8.72. The maximum absolute atomic E-state index is 4.22. The number of aliphatic imine (C=N–C) groups is 1. The number of nitrogens with zero attached hydrogens (tertiary/aromatic N) is 2. The van der Waals surface area contributed by atoms with Crippen molar-refractivity contribution < 1.29 is 20.1 Å². The van der Waals surface area contributed by atoms with Gasteiger partial charge in [-0.15, -0.1) is 59.5 Å². The van der Waals surface area contributed by atoms with Crippen LogP contribution in [0.25, 0.3) is 22.0 Å². The number of rotatable bonds is 2. The van der Waals surface area contributed by atoms with Crippen LogP contribution in [0.3, 0.4) is 0 Å². The van der Waals surface area contributed by atoms with Crippen molar-refractivity contribution in [2.24, 2.45) is 4.99 Å². The minimum absolute atomic E-state index is 0. The second-order valence-electron chi connectivity index (χ2n) is 5.85. The van der Waals surface area contributed by atoms with E-state index >= 15 is 0 Å². The molecule has 143 valence electrons. The van der Waals surface area contributed by atoms with E-state index in [4.69, 9.17) is 0 Å². The molecule has 0 unspecified atom stereocenters. The summed E-state index contributed by atoms with van der Waals surface area (Å²) in [6.45, 7) is 2.02. The van der Waals surface area contributed by atoms with Crippen molar-refractivity contribution in [1.82, 2.24) is 4.98 Å². The van der Waals surface area contributed by atoms with Crippen LogP contribution in [0, 0.1) is 12.1 Å². The monoisotopic (exact) mass is 607 g/mol. The Morgan fingerprint density at radius 2 is 1.75 bits per heavy atom. The molecule has 0 aliphatic carbocycles. The molecule has 0 amide bonds. The van der Waals surface area contributed by atoms with Gasteiger partial charge in [0.2, 0.25) is 0 Å². The van der Waals surface area contributed by atoms with Gasteiger partial charge in [0.25, 0.3) is 0 Å². The van der Waals surface area contributed by atoms with E-state index in [9.17, 15) is 0 Å². The molecule has 0 aliphatic rings. The normalized spacial score (nSPS) is 10.6. The first-order chi connectivity index (χ1) is 13.2. The molecule has 1 aromatic heterocycles. The van der Waals surface area contributed by atoms with E-state index in [0.29, 0.717) is 0 Å². The number of hydrogen-bond donors (Lipinski definition) is 0. The molecule has 4 heteroatoms. The molecule has 0 saturated carbocycles. The molecule has 0 fully saturated rings. The van der Waals surface area contributed by atoms with Crippen LogP contribution in [0.1, 0.15) is 12.5 Å². The molecule has 0 bridgehead atoms. The average Bonchev–Trinajstić information content (AvgIpc) is 2.75. The summed E-state index contributed by atoms with van der Waals surface area (Å²) < 4.78 is 1.10. The summed E-state index contributed by atoms with van der Waals surface area (Å²) in [6, 6.07) is 30.2. The Morgan fingerprint density at radius 1 is 0.929 bits per heavy atom. The van der Waals surface area contributed by atoms with Crippen LogP contribution in [-0.4, -0.2) is 17.7 Å². The molecular weight excluding hydrogens is 588 g/mol. The molecular formula is C24H19BrIrN2-2. The zero-order valence-electron chi connectivity index (χ0n) is 15.6. The third-order valence-electron chi connectivity index (χ3n) is 4.15. The Labute approximate surface area is 188 Å². The Hall–Kier alpha value is -2.13. The molecule has 0 spiro atoms.